The fourth-order valence-electron chi connectivity index (χ4n) is 3.14. The summed E-state index contributed by atoms with van der Waals surface area (Å²) in [4.78, 5) is 5.60. The number of likely N-dealkylation sites (N-methyl/N-ethyl adjacent to an activating group) is 1. The summed E-state index contributed by atoms with van der Waals surface area (Å²) in [6.07, 6.45) is 10.1. The molecule has 1 unspecified atom stereocenters. The van der Waals surface area contributed by atoms with Crippen molar-refractivity contribution in [2.75, 3.05) is 13.7 Å². The quantitative estimate of drug-likeness (QED) is 0.454. The first-order valence-corrected chi connectivity index (χ1v) is 7.75. The van der Waals surface area contributed by atoms with Crippen LogP contribution in [-0.2, 0) is 4.74 Å². The third kappa shape index (κ3) is 2.92. The Kier molecular flexibility index (Phi) is 5.27. The number of hydrogen-bond donors (Lipinski definition) is 0. The maximum absolute atomic E-state index is 8.97. The molecule has 1 saturated carbocycles. The van der Waals surface area contributed by atoms with E-state index in [0.29, 0.717) is 17.5 Å². The molecular formula is C15H22ClN3O. The first-order valence-electron chi connectivity index (χ1n) is 7.31. The van der Waals surface area contributed by atoms with E-state index < -0.39 is 5.38 Å². The molecule has 0 N–H and O–H groups in total. The highest BCUT2D eigenvalue weighted by atomic mass is 35.5. The van der Waals surface area contributed by atoms with E-state index in [9.17, 15) is 0 Å². The van der Waals surface area contributed by atoms with E-state index in [1.54, 1.807) is 13.2 Å². The van der Waals surface area contributed by atoms with Gasteiger partial charge in [-0.15, -0.1) is 11.6 Å². The zero-order chi connectivity index (χ0) is 14.5. The number of rotatable bonds is 4. The predicted molar refractivity (Wildman–Crippen MR) is 80.7 cm³/mol. The smallest absolute Gasteiger partial charge is 0.317 e. The molecule has 0 saturated heterocycles. The Morgan fingerprint density at radius 1 is 1.35 bits per heavy atom. The van der Waals surface area contributed by atoms with Gasteiger partial charge in [0.1, 0.15) is 5.76 Å². The second-order valence-electron chi connectivity index (χ2n) is 5.25. The van der Waals surface area contributed by atoms with Crippen LogP contribution in [0.3, 0.4) is 0 Å². The van der Waals surface area contributed by atoms with Crippen molar-refractivity contribution in [1.29, 1.82) is 0 Å². The molecule has 0 bridgehead atoms. The summed E-state index contributed by atoms with van der Waals surface area (Å²) < 4.78 is 5.48. The molecule has 0 heterocycles. The lowest BCUT2D eigenvalue weighted by Gasteiger charge is -2.37. The summed E-state index contributed by atoms with van der Waals surface area (Å²) in [6.45, 7) is 3.08. The molecule has 4 nitrogen and oxygen atoms in total. The van der Waals surface area contributed by atoms with Gasteiger partial charge in [0.15, 0.2) is 5.38 Å². The Hall–Kier alpha value is -1.25. The Morgan fingerprint density at radius 3 is 2.60 bits per heavy atom. The molecule has 0 aromatic heterocycles. The van der Waals surface area contributed by atoms with Crippen molar-refractivity contribution in [2.24, 2.45) is 0 Å². The summed E-state index contributed by atoms with van der Waals surface area (Å²) in [5.41, 5.74) is 10.4. The summed E-state index contributed by atoms with van der Waals surface area (Å²) in [6, 6.07) is 0.551. The summed E-state index contributed by atoms with van der Waals surface area (Å²) in [5.74, 6) is 0.675. The van der Waals surface area contributed by atoms with Crippen LogP contribution in [0.5, 0.6) is 0 Å². The number of methoxy groups -OCH3 is 1. The van der Waals surface area contributed by atoms with Gasteiger partial charge in [-0.1, -0.05) is 19.3 Å². The van der Waals surface area contributed by atoms with E-state index in [1.165, 1.54) is 32.1 Å². The van der Waals surface area contributed by atoms with Crippen molar-refractivity contribution in [3.05, 3.63) is 29.1 Å². The monoisotopic (exact) mass is 295 g/mol. The molecule has 0 spiro atoms. The van der Waals surface area contributed by atoms with Gasteiger partial charge in [-0.3, -0.25) is 0 Å². The van der Waals surface area contributed by atoms with Gasteiger partial charge in [0, 0.05) is 18.7 Å². The summed E-state index contributed by atoms with van der Waals surface area (Å²) >= 11 is 6.33. The van der Waals surface area contributed by atoms with E-state index in [-0.39, 0.29) is 0 Å². The second-order valence-corrected chi connectivity index (χ2v) is 5.69. The third-order valence-corrected chi connectivity index (χ3v) is 4.58. The van der Waals surface area contributed by atoms with E-state index in [2.05, 4.69) is 16.6 Å². The predicted octanol–water partition coefficient (Wildman–Crippen LogP) is 3.35. The van der Waals surface area contributed by atoms with Gasteiger partial charge < -0.3 is 15.2 Å². The molecular weight excluding hydrogens is 274 g/mol. The third-order valence-electron chi connectivity index (χ3n) is 4.16. The van der Waals surface area contributed by atoms with Crippen LogP contribution in [0.4, 0.5) is 0 Å². The standard InChI is InChI=1S/C15H22ClN3O/c1-3-19(11-7-5-4-6-8-11)13-10-9-12(18-17)14(16)15(13)20-2/h9-11,14H,3-8H2,1-2H3. The van der Waals surface area contributed by atoms with Crippen molar-refractivity contribution in [2.45, 2.75) is 50.4 Å². The van der Waals surface area contributed by atoms with Crippen LogP contribution >= 0.6 is 11.6 Å². The number of alkyl halides is 1. The topological polar surface area (TPSA) is 48.9 Å². The molecule has 2 rings (SSSR count). The van der Waals surface area contributed by atoms with Gasteiger partial charge >= 0.3 is 5.71 Å². The molecule has 0 aromatic rings. The van der Waals surface area contributed by atoms with E-state index >= 15 is 0 Å². The van der Waals surface area contributed by atoms with Crippen molar-refractivity contribution < 1.29 is 9.53 Å². The highest BCUT2D eigenvalue weighted by Crippen LogP contribution is 2.31. The fourth-order valence-corrected chi connectivity index (χ4v) is 3.46. The van der Waals surface area contributed by atoms with Crippen LogP contribution < -0.4 is 0 Å². The first-order chi connectivity index (χ1) is 9.72. The zero-order valence-corrected chi connectivity index (χ0v) is 12.9. The second kappa shape index (κ2) is 6.96. The Bertz CT molecular complexity index is 460. The minimum absolute atomic E-state index is 0.423. The van der Waals surface area contributed by atoms with E-state index in [1.807, 2.05) is 6.08 Å². The van der Waals surface area contributed by atoms with Crippen molar-refractivity contribution in [3.8, 4) is 0 Å². The SMILES string of the molecule is CCN(C1=C(OC)C(Cl)C(=[N+]=[N-])C=C1)C1CCCCC1. The maximum atomic E-state index is 8.97. The minimum atomic E-state index is -0.525. The highest BCUT2D eigenvalue weighted by Gasteiger charge is 2.33. The van der Waals surface area contributed by atoms with Gasteiger partial charge in [-0.05, 0) is 25.8 Å². The lowest BCUT2D eigenvalue weighted by atomic mass is 9.93. The molecule has 20 heavy (non-hydrogen) atoms. The number of ether oxygens (including phenoxy) is 1. The molecule has 2 aliphatic rings. The van der Waals surface area contributed by atoms with Crippen molar-refractivity contribution in [3.63, 3.8) is 0 Å². The van der Waals surface area contributed by atoms with Gasteiger partial charge in [0.05, 0.1) is 12.8 Å². The fraction of sp³-hybridized carbons (Fsp3) is 0.667. The van der Waals surface area contributed by atoms with Gasteiger partial charge in [0.25, 0.3) is 0 Å². The lowest BCUT2D eigenvalue weighted by Crippen LogP contribution is -2.38. The molecule has 1 fully saturated rings. The average Bonchev–Trinajstić information content (AvgIpc) is 2.49. The first kappa shape index (κ1) is 15.1. The van der Waals surface area contributed by atoms with Crippen LogP contribution in [0.1, 0.15) is 39.0 Å². The molecule has 0 amide bonds. The van der Waals surface area contributed by atoms with Crippen molar-refractivity contribution in [1.82, 2.24) is 4.90 Å². The number of halogens is 1. The Morgan fingerprint density at radius 2 is 2.05 bits per heavy atom. The summed E-state index contributed by atoms with van der Waals surface area (Å²) in [5, 5.41) is -0.525. The molecule has 110 valence electrons. The Balaban J connectivity index is 2.31. The average molecular weight is 296 g/mol. The van der Waals surface area contributed by atoms with Gasteiger partial charge in [-0.2, -0.15) is 4.79 Å². The lowest BCUT2D eigenvalue weighted by molar-refractivity contribution is -0.00653. The number of hydrogen-bond acceptors (Lipinski definition) is 2. The molecule has 1 atom stereocenters. The van der Waals surface area contributed by atoms with Crippen LogP contribution in [0.25, 0.3) is 5.53 Å². The van der Waals surface area contributed by atoms with Crippen molar-refractivity contribution >= 4 is 17.3 Å². The molecule has 2 aliphatic carbocycles. The van der Waals surface area contributed by atoms with Crippen LogP contribution in [0.2, 0.25) is 0 Å². The molecule has 0 aliphatic heterocycles. The van der Waals surface area contributed by atoms with E-state index in [4.69, 9.17) is 21.9 Å². The largest absolute Gasteiger partial charge is 0.497 e. The zero-order valence-electron chi connectivity index (χ0n) is 12.2. The normalized spacial score (nSPS) is 23.8. The highest BCUT2D eigenvalue weighted by molar-refractivity contribution is 6.35. The van der Waals surface area contributed by atoms with Crippen LogP contribution in [0, 0.1) is 0 Å². The van der Waals surface area contributed by atoms with Crippen LogP contribution in [0.15, 0.2) is 23.6 Å². The maximum Gasteiger partial charge on any atom is 0.317 e. The Labute approximate surface area is 125 Å². The molecule has 5 heteroatoms. The number of nitrogens with zero attached hydrogens (tertiary/aromatic N) is 3. The van der Waals surface area contributed by atoms with Gasteiger partial charge in [0.2, 0.25) is 0 Å². The molecule has 0 aromatic carbocycles. The molecule has 0 radical (unpaired) electrons. The minimum Gasteiger partial charge on any atom is -0.497 e. The van der Waals surface area contributed by atoms with E-state index in [0.717, 1.165) is 12.2 Å². The van der Waals surface area contributed by atoms with Crippen LogP contribution in [-0.4, -0.2) is 40.5 Å². The van der Waals surface area contributed by atoms with Gasteiger partial charge in [-0.25, -0.2) is 0 Å². The number of allylic oxidation sites excluding steroid dienone is 3. The summed E-state index contributed by atoms with van der Waals surface area (Å²) in [7, 11) is 1.62.